The van der Waals surface area contributed by atoms with Gasteiger partial charge in [-0.15, -0.1) is 35.3 Å². The molecular weight excluding hydrogens is 503 g/mol. The maximum absolute atomic E-state index is 12.0. The fraction of sp³-hybridized carbons (Fsp3) is 0.450. The van der Waals surface area contributed by atoms with Crippen molar-refractivity contribution in [2.24, 2.45) is 4.99 Å². The molecule has 0 fully saturated rings. The van der Waals surface area contributed by atoms with Gasteiger partial charge in [0.2, 0.25) is 0 Å². The largest absolute Gasteiger partial charge is 0.488 e. The summed E-state index contributed by atoms with van der Waals surface area (Å²) in [5, 5.41) is 7.44. The lowest BCUT2D eigenvalue weighted by atomic mass is 10.1. The summed E-state index contributed by atoms with van der Waals surface area (Å²) in [5.74, 6) is 1.30. The van der Waals surface area contributed by atoms with Gasteiger partial charge in [0, 0.05) is 13.5 Å². The van der Waals surface area contributed by atoms with E-state index >= 15 is 0 Å². The molecule has 0 amide bonds. The molecule has 0 saturated carbocycles. The molecule has 0 aliphatic carbocycles. The molecule has 2 atom stereocenters. The van der Waals surface area contributed by atoms with Gasteiger partial charge in [0.25, 0.3) is 0 Å². The summed E-state index contributed by atoms with van der Waals surface area (Å²) in [6, 6.07) is 8.00. The molecule has 2 N–H and O–H groups in total. The summed E-state index contributed by atoms with van der Waals surface area (Å²) in [7, 11) is 1.73. The number of nitrogens with one attached hydrogen (secondary N) is 2. The van der Waals surface area contributed by atoms with E-state index in [1.807, 2.05) is 32.0 Å². The van der Waals surface area contributed by atoms with Crippen LogP contribution in [0.5, 0.6) is 5.75 Å². The fourth-order valence-corrected chi connectivity index (χ4v) is 3.99. The van der Waals surface area contributed by atoms with E-state index in [1.165, 1.54) is 16.9 Å². The zero-order valence-electron chi connectivity index (χ0n) is 17.0. The van der Waals surface area contributed by atoms with Crippen LogP contribution in [0.3, 0.4) is 0 Å². The molecule has 0 spiro atoms. The lowest BCUT2D eigenvalue weighted by molar-refractivity contribution is 0.0531. The number of aromatic nitrogens is 1. The van der Waals surface area contributed by atoms with Crippen molar-refractivity contribution in [3.8, 4) is 5.75 Å². The third-order valence-electron chi connectivity index (χ3n) is 4.43. The summed E-state index contributed by atoms with van der Waals surface area (Å²) in [5.41, 5.74) is 1.92. The van der Waals surface area contributed by atoms with Gasteiger partial charge in [0.05, 0.1) is 24.9 Å². The van der Waals surface area contributed by atoms with Crippen molar-refractivity contribution >= 4 is 47.2 Å². The summed E-state index contributed by atoms with van der Waals surface area (Å²) in [6.07, 6.45) is 0.952. The van der Waals surface area contributed by atoms with Crippen molar-refractivity contribution < 1.29 is 14.3 Å². The number of aryl methyl sites for hydroxylation is 1. The van der Waals surface area contributed by atoms with Gasteiger partial charge in [-0.05, 0) is 32.4 Å². The Morgan fingerprint density at radius 3 is 2.90 bits per heavy atom. The quantitative estimate of drug-likeness (QED) is 0.258. The second-order valence-corrected chi connectivity index (χ2v) is 7.59. The second-order valence-electron chi connectivity index (χ2n) is 6.56. The van der Waals surface area contributed by atoms with Crippen molar-refractivity contribution in [2.75, 3.05) is 20.2 Å². The number of carbonyl (C=O) groups is 1. The molecule has 0 radical (unpaired) electrons. The summed E-state index contributed by atoms with van der Waals surface area (Å²) in [4.78, 5) is 21.3. The number of nitrogens with zero attached hydrogens (tertiary/aromatic N) is 2. The first-order valence-electron chi connectivity index (χ1n) is 9.38. The number of esters is 1. The van der Waals surface area contributed by atoms with Crippen LogP contribution in [-0.4, -0.2) is 43.2 Å². The van der Waals surface area contributed by atoms with Crippen LogP contribution in [0.15, 0.2) is 29.3 Å². The zero-order valence-corrected chi connectivity index (χ0v) is 20.2. The standard InChI is InChI=1S/C20H26N4O3S.HI/c1-5-26-19(25)17-12(2)23-18(28-17)13(3)24-20(21-4)22-11-15-10-14-8-6-7-9-16(14)27-15;/h6-9,13,15H,5,10-11H2,1-4H3,(H2,21,22,24);1H. The van der Waals surface area contributed by atoms with Crippen LogP contribution >= 0.6 is 35.3 Å². The maximum Gasteiger partial charge on any atom is 0.350 e. The first-order valence-corrected chi connectivity index (χ1v) is 10.2. The average Bonchev–Trinajstić information content (AvgIpc) is 3.28. The minimum absolute atomic E-state index is 0. The maximum atomic E-state index is 12.0. The third kappa shape index (κ3) is 5.81. The number of carbonyl (C=O) groups excluding carboxylic acids is 1. The molecule has 29 heavy (non-hydrogen) atoms. The lowest BCUT2D eigenvalue weighted by Crippen LogP contribution is -2.43. The number of guanidine groups is 1. The predicted octanol–water partition coefficient (Wildman–Crippen LogP) is 3.48. The Labute approximate surface area is 192 Å². The average molecular weight is 530 g/mol. The minimum Gasteiger partial charge on any atom is -0.488 e. The van der Waals surface area contributed by atoms with E-state index in [-0.39, 0.29) is 42.1 Å². The van der Waals surface area contributed by atoms with Crippen molar-refractivity contribution in [3.63, 3.8) is 0 Å². The number of para-hydroxylation sites is 1. The Morgan fingerprint density at radius 1 is 1.45 bits per heavy atom. The fourth-order valence-electron chi connectivity index (χ4n) is 3.03. The zero-order chi connectivity index (χ0) is 20.1. The van der Waals surface area contributed by atoms with Crippen LogP contribution in [-0.2, 0) is 11.2 Å². The van der Waals surface area contributed by atoms with E-state index < -0.39 is 0 Å². The van der Waals surface area contributed by atoms with Crippen molar-refractivity contribution in [3.05, 3.63) is 45.4 Å². The van der Waals surface area contributed by atoms with Crippen LogP contribution in [0.25, 0.3) is 0 Å². The van der Waals surface area contributed by atoms with Crippen molar-refractivity contribution in [1.82, 2.24) is 15.6 Å². The first kappa shape index (κ1) is 23.4. The topological polar surface area (TPSA) is 84.8 Å². The van der Waals surface area contributed by atoms with Crippen LogP contribution < -0.4 is 15.4 Å². The Hall–Kier alpha value is -1.88. The van der Waals surface area contributed by atoms with Crippen molar-refractivity contribution in [1.29, 1.82) is 0 Å². The smallest absolute Gasteiger partial charge is 0.350 e. The Balaban J connectivity index is 0.00000300. The second kappa shape index (κ2) is 10.8. The van der Waals surface area contributed by atoms with Gasteiger partial charge in [0.1, 0.15) is 21.7 Å². The molecule has 7 nitrogen and oxygen atoms in total. The van der Waals surface area contributed by atoms with E-state index in [4.69, 9.17) is 9.47 Å². The molecule has 1 aromatic heterocycles. The van der Waals surface area contributed by atoms with E-state index in [0.29, 0.717) is 29.7 Å². The Morgan fingerprint density at radius 2 is 2.21 bits per heavy atom. The van der Waals surface area contributed by atoms with Gasteiger partial charge in [0.15, 0.2) is 5.96 Å². The number of ether oxygens (including phenoxy) is 2. The monoisotopic (exact) mass is 530 g/mol. The van der Waals surface area contributed by atoms with Crippen LogP contribution in [0, 0.1) is 6.92 Å². The molecule has 158 valence electrons. The Kier molecular flexibility index (Phi) is 8.69. The highest BCUT2D eigenvalue weighted by molar-refractivity contribution is 14.0. The molecule has 0 bridgehead atoms. The van der Waals surface area contributed by atoms with Gasteiger partial charge >= 0.3 is 5.97 Å². The van der Waals surface area contributed by atoms with Crippen LogP contribution in [0.2, 0.25) is 0 Å². The van der Waals surface area contributed by atoms with Gasteiger partial charge in [-0.2, -0.15) is 0 Å². The molecule has 2 heterocycles. The number of fused-ring (bicyclic) bond motifs is 1. The minimum atomic E-state index is -0.323. The van der Waals surface area contributed by atoms with Gasteiger partial charge in [-0.3, -0.25) is 4.99 Å². The number of aliphatic imine (C=N–C) groups is 1. The normalized spacial score (nSPS) is 16.3. The molecule has 1 aromatic carbocycles. The third-order valence-corrected chi connectivity index (χ3v) is 5.75. The number of thiazole rings is 1. The molecule has 9 heteroatoms. The molecule has 1 aliphatic rings. The number of benzene rings is 1. The summed E-state index contributed by atoms with van der Waals surface area (Å²) < 4.78 is 11.0. The highest BCUT2D eigenvalue weighted by atomic mass is 127. The van der Waals surface area contributed by atoms with Gasteiger partial charge in [-0.25, -0.2) is 9.78 Å². The van der Waals surface area contributed by atoms with Gasteiger partial charge in [-0.1, -0.05) is 18.2 Å². The van der Waals surface area contributed by atoms with Crippen LogP contribution in [0.1, 0.15) is 45.8 Å². The molecule has 2 aromatic rings. The highest BCUT2D eigenvalue weighted by Gasteiger charge is 2.23. The first-order chi connectivity index (χ1) is 13.5. The molecule has 3 rings (SSSR count). The highest BCUT2D eigenvalue weighted by Crippen LogP contribution is 2.28. The molecule has 2 unspecified atom stereocenters. The summed E-state index contributed by atoms with van der Waals surface area (Å²) in [6.45, 7) is 6.60. The lowest BCUT2D eigenvalue weighted by Gasteiger charge is -2.18. The molecule has 1 aliphatic heterocycles. The van der Waals surface area contributed by atoms with E-state index in [2.05, 4.69) is 26.7 Å². The van der Waals surface area contributed by atoms with Crippen molar-refractivity contribution in [2.45, 2.75) is 39.3 Å². The number of halogens is 1. The van der Waals surface area contributed by atoms with E-state index in [1.54, 1.807) is 14.0 Å². The van der Waals surface area contributed by atoms with E-state index in [0.717, 1.165) is 17.2 Å². The molecule has 0 saturated heterocycles. The predicted molar refractivity (Wildman–Crippen MR) is 126 cm³/mol. The van der Waals surface area contributed by atoms with E-state index in [9.17, 15) is 4.79 Å². The van der Waals surface area contributed by atoms with Crippen LogP contribution in [0.4, 0.5) is 0 Å². The SMILES string of the molecule is CCOC(=O)c1sc(C(C)NC(=NC)NCC2Cc3ccccc3O2)nc1C.I. The number of hydrogen-bond acceptors (Lipinski definition) is 6. The van der Waals surface area contributed by atoms with Gasteiger partial charge < -0.3 is 20.1 Å². The summed E-state index contributed by atoms with van der Waals surface area (Å²) >= 11 is 1.35. The molecular formula is C20H27IN4O3S. The number of rotatable bonds is 6. The number of hydrogen-bond donors (Lipinski definition) is 2. The Bertz CT molecular complexity index is 846.